The fourth-order valence-electron chi connectivity index (χ4n) is 2.48. The lowest BCUT2D eigenvalue weighted by Crippen LogP contribution is -2.21. The van der Waals surface area contributed by atoms with Crippen LogP contribution < -0.4 is 0 Å². The minimum atomic E-state index is 0.349. The van der Waals surface area contributed by atoms with Crippen molar-refractivity contribution in [3.63, 3.8) is 0 Å². The molecule has 0 saturated carbocycles. The van der Waals surface area contributed by atoms with Gasteiger partial charge in [0.2, 0.25) is 0 Å². The Morgan fingerprint density at radius 3 is 3.11 bits per heavy atom. The standard InChI is InChI=1S/C13H15N5O/c1-10-12(6-16-19-10)8-17-3-2-13(9-17)18-7-11(4-14)5-15-18/h5-7,13H,2-3,8-9H2,1H3. The maximum atomic E-state index is 8.82. The summed E-state index contributed by atoms with van der Waals surface area (Å²) in [5, 5.41) is 16.9. The molecule has 0 aromatic carbocycles. The third-order valence-corrected chi connectivity index (χ3v) is 3.60. The minimum Gasteiger partial charge on any atom is -0.361 e. The molecule has 0 aliphatic carbocycles. The fraction of sp³-hybridized carbons (Fsp3) is 0.462. The van der Waals surface area contributed by atoms with Crippen molar-refractivity contribution in [1.82, 2.24) is 19.8 Å². The third-order valence-electron chi connectivity index (χ3n) is 3.60. The molecular weight excluding hydrogens is 242 g/mol. The fourth-order valence-corrected chi connectivity index (χ4v) is 2.48. The average Bonchev–Trinajstić information content (AvgIpc) is 3.12. The quantitative estimate of drug-likeness (QED) is 0.833. The Morgan fingerprint density at radius 2 is 2.42 bits per heavy atom. The van der Waals surface area contributed by atoms with E-state index in [2.05, 4.69) is 21.2 Å². The van der Waals surface area contributed by atoms with Crippen LogP contribution in [0, 0.1) is 18.3 Å². The van der Waals surface area contributed by atoms with Crippen molar-refractivity contribution < 1.29 is 4.52 Å². The van der Waals surface area contributed by atoms with Crippen molar-refractivity contribution in [2.45, 2.75) is 25.9 Å². The van der Waals surface area contributed by atoms with Gasteiger partial charge in [0, 0.05) is 31.4 Å². The Balaban J connectivity index is 1.64. The molecule has 1 aliphatic heterocycles. The van der Waals surface area contributed by atoms with E-state index in [0.29, 0.717) is 11.6 Å². The predicted molar refractivity (Wildman–Crippen MR) is 67.1 cm³/mol. The van der Waals surface area contributed by atoms with E-state index >= 15 is 0 Å². The van der Waals surface area contributed by atoms with Crippen LogP contribution in [0.15, 0.2) is 23.1 Å². The normalized spacial score (nSPS) is 19.7. The second-order valence-corrected chi connectivity index (χ2v) is 4.91. The van der Waals surface area contributed by atoms with Gasteiger partial charge < -0.3 is 4.52 Å². The Kier molecular flexibility index (Phi) is 3.05. The predicted octanol–water partition coefficient (Wildman–Crippen LogP) is 1.50. The molecule has 0 radical (unpaired) electrons. The van der Waals surface area contributed by atoms with Crippen molar-refractivity contribution in [2.24, 2.45) is 0 Å². The van der Waals surface area contributed by atoms with Gasteiger partial charge in [0.15, 0.2) is 0 Å². The van der Waals surface area contributed by atoms with E-state index in [1.807, 2.05) is 17.8 Å². The summed E-state index contributed by atoms with van der Waals surface area (Å²) in [4.78, 5) is 2.36. The van der Waals surface area contributed by atoms with Gasteiger partial charge in [0.1, 0.15) is 11.8 Å². The van der Waals surface area contributed by atoms with Crippen molar-refractivity contribution in [1.29, 1.82) is 5.26 Å². The molecule has 6 nitrogen and oxygen atoms in total. The number of hydrogen-bond acceptors (Lipinski definition) is 5. The van der Waals surface area contributed by atoms with Crippen LogP contribution in [0.3, 0.4) is 0 Å². The van der Waals surface area contributed by atoms with Crippen LogP contribution in [-0.4, -0.2) is 32.9 Å². The molecule has 0 bridgehead atoms. The van der Waals surface area contributed by atoms with Gasteiger partial charge in [-0.05, 0) is 13.3 Å². The number of hydrogen-bond donors (Lipinski definition) is 0. The summed E-state index contributed by atoms with van der Waals surface area (Å²) in [7, 11) is 0. The number of aryl methyl sites for hydroxylation is 1. The third kappa shape index (κ3) is 2.37. The molecule has 98 valence electrons. The SMILES string of the molecule is Cc1oncc1CN1CCC(n2cc(C#N)cn2)C1. The summed E-state index contributed by atoms with van der Waals surface area (Å²) in [6.07, 6.45) is 6.27. The molecule has 1 saturated heterocycles. The van der Waals surface area contributed by atoms with Crippen LogP contribution in [0.2, 0.25) is 0 Å². The highest BCUT2D eigenvalue weighted by Gasteiger charge is 2.25. The molecule has 2 aromatic rings. The molecule has 1 atom stereocenters. The molecule has 1 aliphatic rings. The van der Waals surface area contributed by atoms with Gasteiger partial charge in [-0.1, -0.05) is 5.16 Å². The van der Waals surface area contributed by atoms with Crippen LogP contribution >= 0.6 is 0 Å². The van der Waals surface area contributed by atoms with Gasteiger partial charge in [-0.25, -0.2) is 0 Å². The van der Waals surface area contributed by atoms with E-state index < -0.39 is 0 Å². The molecule has 0 spiro atoms. The van der Waals surface area contributed by atoms with Gasteiger partial charge in [-0.15, -0.1) is 0 Å². The molecule has 1 unspecified atom stereocenters. The van der Waals surface area contributed by atoms with Crippen LogP contribution in [0.25, 0.3) is 0 Å². The second-order valence-electron chi connectivity index (χ2n) is 4.91. The Bertz CT molecular complexity index is 609. The summed E-state index contributed by atoms with van der Waals surface area (Å²) < 4.78 is 6.98. The van der Waals surface area contributed by atoms with Crippen molar-refractivity contribution in [3.05, 3.63) is 35.5 Å². The zero-order chi connectivity index (χ0) is 13.2. The Hall–Kier alpha value is -2.13. The summed E-state index contributed by atoms with van der Waals surface area (Å²) in [6, 6.07) is 2.46. The summed E-state index contributed by atoms with van der Waals surface area (Å²) in [5.74, 6) is 0.884. The zero-order valence-electron chi connectivity index (χ0n) is 10.8. The molecule has 2 aromatic heterocycles. The maximum absolute atomic E-state index is 8.82. The highest BCUT2D eigenvalue weighted by molar-refractivity contribution is 5.22. The Labute approximate surface area is 111 Å². The van der Waals surface area contributed by atoms with E-state index in [9.17, 15) is 0 Å². The Morgan fingerprint density at radius 1 is 1.53 bits per heavy atom. The van der Waals surface area contributed by atoms with Gasteiger partial charge in [-0.3, -0.25) is 9.58 Å². The number of nitrogens with zero attached hydrogens (tertiary/aromatic N) is 5. The zero-order valence-corrected chi connectivity index (χ0v) is 10.8. The van der Waals surface area contributed by atoms with Gasteiger partial charge in [-0.2, -0.15) is 10.4 Å². The first-order chi connectivity index (χ1) is 9.26. The lowest BCUT2D eigenvalue weighted by molar-refractivity contribution is 0.308. The number of likely N-dealkylation sites (tertiary alicyclic amines) is 1. The first-order valence-corrected chi connectivity index (χ1v) is 6.33. The molecule has 0 amide bonds. The first kappa shape index (κ1) is 11.9. The summed E-state index contributed by atoms with van der Waals surface area (Å²) >= 11 is 0. The van der Waals surface area contributed by atoms with Gasteiger partial charge in [0.25, 0.3) is 0 Å². The highest BCUT2D eigenvalue weighted by atomic mass is 16.5. The largest absolute Gasteiger partial charge is 0.361 e. The van der Waals surface area contributed by atoms with Gasteiger partial charge >= 0.3 is 0 Å². The van der Waals surface area contributed by atoms with E-state index in [4.69, 9.17) is 9.78 Å². The maximum Gasteiger partial charge on any atom is 0.138 e. The van der Waals surface area contributed by atoms with Crippen molar-refractivity contribution >= 4 is 0 Å². The van der Waals surface area contributed by atoms with Gasteiger partial charge in [0.05, 0.1) is 24.0 Å². The number of rotatable bonds is 3. The smallest absolute Gasteiger partial charge is 0.138 e. The molecule has 1 fully saturated rings. The van der Waals surface area contributed by atoms with Crippen LogP contribution in [0.1, 0.15) is 29.3 Å². The van der Waals surface area contributed by atoms with E-state index in [1.54, 1.807) is 12.4 Å². The highest BCUT2D eigenvalue weighted by Crippen LogP contribution is 2.23. The molecule has 6 heteroatoms. The van der Waals surface area contributed by atoms with Crippen LogP contribution in [0.4, 0.5) is 0 Å². The summed E-state index contributed by atoms with van der Waals surface area (Å²) in [5.41, 5.74) is 1.76. The second kappa shape index (κ2) is 4.86. The minimum absolute atomic E-state index is 0.349. The van der Waals surface area contributed by atoms with Crippen LogP contribution in [0.5, 0.6) is 0 Å². The number of nitriles is 1. The summed E-state index contributed by atoms with van der Waals surface area (Å²) in [6.45, 7) is 4.76. The van der Waals surface area contributed by atoms with E-state index in [-0.39, 0.29) is 0 Å². The molecular formula is C13H15N5O. The monoisotopic (exact) mass is 257 g/mol. The lowest BCUT2D eigenvalue weighted by Gasteiger charge is -2.15. The van der Waals surface area contributed by atoms with E-state index in [0.717, 1.165) is 37.4 Å². The molecule has 3 heterocycles. The molecule has 0 N–H and O–H groups in total. The van der Waals surface area contributed by atoms with Crippen LogP contribution in [-0.2, 0) is 6.54 Å². The van der Waals surface area contributed by atoms with Crippen molar-refractivity contribution in [3.8, 4) is 6.07 Å². The average molecular weight is 257 g/mol. The first-order valence-electron chi connectivity index (χ1n) is 6.33. The lowest BCUT2D eigenvalue weighted by atomic mass is 10.2. The number of aromatic nitrogens is 3. The molecule has 19 heavy (non-hydrogen) atoms. The van der Waals surface area contributed by atoms with E-state index in [1.165, 1.54) is 0 Å². The van der Waals surface area contributed by atoms with Crippen molar-refractivity contribution in [2.75, 3.05) is 13.1 Å². The topological polar surface area (TPSA) is 70.9 Å². The molecule has 3 rings (SSSR count).